The lowest BCUT2D eigenvalue weighted by Gasteiger charge is -2.26. The number of aliphatic hydroxyl groups is 1. The molecule has 0 spiro atoms. The second-order valence-electron chi connectivity index (χ2n) is 7.95. The normalized spacial score (nSPS) is 19.3. The van der Waals surface area contributed by atoms with Crippen molar-refractivity contribution in [2.75, 3.05) is 0 Å². The number of hydrogen-bond acceptors (Lipinski definition) is 6. The Balaban J connectivity index is 1.34. The zero-order valence-electron chi connectivity index (χ0n) is 16.8. The van der Waals surface area contributed by atoms with Crippen molar-refractivity contribution in [3.8, 4) is 23.0 Å². The van der Waals surface area contributed by atoms with E-state index in [0.29, 0.717) is 11.7 Å². The van der Waals surface area contributed by atoms with Crippen LogP contribution in [0.2, 0.25) is 0 Å². The summed E-state index contributed by atoms with van der Waals surface area (Å²) in [6, 6.07) is 9.69. The molecule has 3 heterocycles. The van der Waals surface area contributed by atoms with E-state index in [2.05, 4.69) is 15.0 Å². The van der Waals surface area contributed by atoms with Gasteiger partial charge < -0.3 is 14.8 Å². The van der Waals surface area contributed by atoms with E-state index in [0.717, 1.165) is 63.9 Å². The van der Waals surface area contributed by atoms with Crippen molar-refractivity contribution < 1.29 is 9.84 Å². The molecule has 154 valence electrons. The van der Waals surface area contributed by atoms with Crippen molar-refractivity contribution in [2.24, 2.45) is 5.92 Å². The van der Waals surface area contributed by atoms with Crippen LogP contribution in [0.5, 0.6) is 11.5 Å². The summed E-state index contributed by atoms with van der Waals surface area (Å²) >= 11 is 1.69. The molecule has 1 fully saturated rings. The molecule has 0 bridgehead atoms. The number of nitrogens with zero attached hydrogens (tertiary/aromatic N) is 3. The van der Waals surface area contributed by atoms with E-state index in [9.17, 15) is 5.11 Å². The summed E-state index contributed by atoms with van der Waals surface area (Å²) in [7, 11) is 0. The van der Waals surface area contributed by atoms with Gasteiger partial charge in [-0.1, -0.05) is 12.8 Å². The fourth-order valence-electron chi connectivity index (χ4n) is 4.04. The predicted octanol–water partition coefficient (Wildman–Crippen LogP) is 5.28. The molecule has 7 heteroatoms. The van der Waals surface area contributed by atoms with Gasteiger partial charge in [-0.15, -0.1) is 11.3 Å². The number of thiazole rings is 1. The van der Waals surface area contributed by atoms with Crippen LogP contribution in [0.15, 0.2) is 42.7 Å². The molecule has 1 saturated carbocycles. The monoisotopic (exact) mass is 420 g/mol. The van der Waals surface area contributed by atoms with Crippen molar-refractivity contribution in [3.63, 3.8) is 0 Å². The molecule has 0 aliphatic heterocycles. The molecule has 4 aromatic rings. The van der Waals surface area contributed by atoms with Crippen LogP contribution >= 0.6 is 11.3 Å². The van der Waals surface area contributed by atoms with E-state index >= 15 is 0 Å². The van der Waals surface area contributed by atoms with Crippen molar-refractivity contribution in [1.82, 2.24) is 19.9 Å². The molecule has 1 aliphatic carbocycles. The molecule has 3 aromatic heterocycles. The minimum Gasteiger partial charge on any atom is -0.457 e. The number of fused-ring (bicyclic) bond motifs is 1. The average molecular weight is 421 g/mol. The number of imidazole rings is 1. The Bertz CT molecular complexity index is 1170. The van der Waals surface area contributed by atoms with Crippen LogP contribution in [0.25, 0.3) is 21.7 Å². The lowest BCUT2D eigenvalue weighted by molar-refractivity contribution is 0.0700. The molecule has 0 amide bonds. The average Bonchev–Trinajstić information content (AvgIpc) is 3.35. The van der Waals surface area contributed by atoms with E-state index in [4.69, 9.17) is 9.72 Å². The highest BCUT2D eigenvalue weighted by molar-refractivity contribution is 7.18. The van der Waals surface area contributed by atoms with E-state index in [1.54, 1.807) is 23.7 Å². The Morgan fingerprint density at radius 1 is 1.13 bits per heavy atom. The van der Waals surface area contributed by atoms with Crippen molar-refractivity contribution in [1.29, 1.82) is 0 Å². The number of rotatable bonds is 5. The predicted molar refractivity (Wildman–Crippen MR) is 118 cm³/mol. The Kier molecular flexibility index (Phi) is 5.23. The van der Waals surface area contributed by atoms with E-state index in [1.807, 2.05) is 37.3 Å². The topological polar surface area (TPSA) is 83.9 Å². The summed E-state index contributed by atoms with van der Waals surface area (Å²) in [6.07, 6.45) is 8.51. The van der Waals surface area contributed by atoms with Gasteiger partial charge in [0.15, 0.2) is 5.82 Å². The minimum absolute atomic E-state index is 0.191. The Morgan fingerprint density at radius 2 is 2.00 bits per heavy atom. The molecule has 30 heavy (non-hydrogen) atoms. The summed E-state index contributed by atoms with van der Waals surface area (Å²) in [4.78, 5) is 16.7. The first kappa shape index (κ1) is 19.2. The molecule has 2 atom stereocenters. The summed E-state index contributed by atoms with van der Waals surface area (Å²) in [6.45, 7) is 1.96. The van der Waals surface area contributed by atoms with Gasteiger partial charge in [-0.25, -0.2) is 9.97 Å². The third-order valence-electron chi connectivity index (χ3n) is 5.62. The summed E-state index contributed by atoms with van der Waals surface area (Å²) in [5.41, 5.74) is 2.72. The van der Waals surface area contributed by atoms with Crippen molar-refractivity contribution in [2.45, 2.75) is 45.1 Å². The Labute approximate surface area is 179 Å². The highest BCUT2D eigenvalue weighted by Gasteiger charge is 2.24. The zero-order valence-corrected chi connectivity index (χ0v) is 17.7. The fourth-order valence-corrected chi connectivity index (χ4v) is 5.13. The van der Waals surface area contributed by atoms with Gasteiger partial charge >= 0.3 is 0 Å². The van der Waals surface area contributed by atoms with Gasteiger partial charge in [0.05, 0.1) is 21.3 Å². The number of aromatic amines is 1. The standard InChI is InChI=1S/C23H24N4O2S/c1-14-13-25-23(26-14)19-11-17(8-9-24-19)29-16-6-7-18-21(12-16)30-22(27-18)10-15-4-2-3-5-20(15)28/h6-9,11-13,15,20,28H,2-5,10H2,1H3,(H,25,26)/t15-,20+/m0/s1. The SMILES string of the molecule is Cc1cnc(-c2cc(Oc3ccc4nc(C[C@@H]5CCCC[C@H]5O)sc4c3)ccn2)[nH]1. The second kappa shape index (κ2) is 8.16. The van der Waals surface area contributed by atoms with Crippen LogP contribution in [-0.2, 0) is 6.42 Å². The van der Waals surface area contributed by atoms with E-state index < -0.39 is 0 Å². The van der Waals surface area contributed by atoms with E-state index in [1.165, 1.54) is 6.42 Å². The summed E-state index contributed by atoms with van der Waals surface area (Å²) in [5, 5.41) is 11.4. The molecule has 0 radical (unpaired) electrons. The fraction of sp³-hybridized carbons (Fsp3) is 0.348. The Morgan fingerprint density at radius 3 is 2.83 bits per heavy atom. The van der Waals surface area contributed by atoms with Gasteiger partial charge in [0.2, 0.25) is 0 Å². The first-order valence-electron chi connectivity index (χ1n) is 10.4. The number of benzene rings is 1. The molecule has 2 N–H and O–H groups in total. The van der Waals surface area contributed by atoms with Crippen LogP contribution in [0, 0.1) is 12.8 Å². The number of ether oxygens (including phenoxy) is 1. The number of hydrogen-bond donors (Lipinski definition) is 2. The molecule has 1 aliphatic rings. The van der Waals surface area contributed by atoms with Gasteiger partial charge in [-0.3, -0.25) is 4.98 Å². The largest absolute Gasteiger partial charge is 0.457 e. The number of pyridine rings is 1. The van der Waals surface area contributed by atoms with Crippen LogP contribution in [0.3, 0.4) is 0 Å². The highest BCUT2D eigenvalue weighted by Crippen LogP contribution is 2.33. The molecule has 6 nitrogen and oxygen atoms in total. The number of nitrogens with one attached hydrogen (secondary N) is 1. The summed E-state index contributed by atoms with van der Waals surface area (Å²) < 4.78 is 7.19. The van der Waals surface area contributed by atoms with Gasteiger partial charge in [-0.05, 0) is 43.9 Å². The quantitative estimate of drug-likeness (QED) is 0.459. The lowest BCUT2D eigenvalue weighted by atomic mass is 9.84. The molecule has 0 saturated heterocycles. The number of H-pyrrole nitrogens is 1. The molecule has 0 unspecified atom stereocenters. The Hall–Kier alpha value is -2.77. The maximum absolute atomic E-state index is 10.3. The van der Waals surface area contributed by atoms with Crippen LogP contribution in [-0.4, -0.2) is 31.1 Å². The van der Waals surface area contributed by atoms with Crippen molar-refractivity contribution in [3.05, 3.63) is 53.4 Å². The van der Waals surface area contributed by atoms with E-state index in [-0.39, 0.29) is 6.10 Å². The number of aliphatic hydroxyl groups excluding tert-OH is 1. The van der Waals surface area contributed by atoms with Gasteiger partial charge in [0.25, 0.3) is 0 Å². The first-order valence-corrected chi connectivity index (χ1v) is 11.2. The minimum atomic E-state index is -0.191. The molecule has 1 aromatic carbocycles. The van der Waals surface area contributed by atoms with Gasteiger partial charge in [0, 0.05) is 36.6 Å². The maximum Gasteiger partial charge on any atom is 0.156 e. The molecular formula is C23H24N4O2S. The maximum atomic E-state index is 10.3. The molecular weight excluding hydrogens is 396 g/mol. The van der Waals surface area contributed by atoms with Crippen LogP contribution < -0.4 is 4.74 Å². The zero-order chi connectivity index (χ0) is 20.5. The third kappa shape index (κ3) is 4.08. The first-order chi connectivity index (χ1) is 14.6. The number of aromatic nitrogens is 4. The highest BCUT2D eigenvalue weighted by atomic mass is 32.1. The number of aryl methyl sites for hydroxylation is 1. The van der Waals surface area contributed by atoms with Gasteiger partial charge in [-0.2, -0.15) is 0 Å². The lowest BCUT2D eigenvalue weighted by Crippen LogP contribution is -2.26. The smallest absolute Gasteiger partial charge is 0.156 e. The molecule has 5 rings (SSSR count). The van der Waals surface area contributed by atoms with Crippen LogP contribution in [0.4, 0.5) is 0 Å². The third-order valence-corrected chi connectivity index (χ3v) is 6.66. The van der Waals surface area contributed by atoms with Crippen LogP contribution in [0.1, 0.15) is 36.4 Å². The van der Waals surface area contributed by atoms with Gasteiger partial charge in [0.1, 0.15) is 17.2 Å². The second-order valence-corrected chi connectivity index (χ2v) is 9.06. The van der Waals surface area contributed by atoms with Crippen molar-refractivity contribution >= 4 is 21.6 Å². The summed E-state index contributed by atoms with van der Waals surface area (Å²) in [5.74, 6) is 2.53.